The van der Waals surface area contributed by atoms with E-state index in [2.05, 4.69) is 4.98 Å². The maximum atomic E-state index is 13.1. The van der Waals surface area contributed by atoms with Crippen LogP contribution in [0.1, 0.15) is 22.8 Å². The molecule has 7 nitrogen and oxygen atoms in total. The Morgan fingerprint density at radius 2 is 1.93 bits per heavy atom. The number of anilines is 1. The summed E-state index contributed by atoms with van der Waals surface area (Å²) in [5.41, 5.74) is 0.412. The molecule has 0 unspecified atom stereocenters. The third-order valence-electron chi connectivity index (χ3n) is 4.24. The number of aromatic carboxylic acids is 1. The number of nitrogens with zero attached hydrogens (tertiary/aromatic N) is 1. The van der Waals surface area contributed by atoms with Crippen LogP contribution in [0.3, 0.4) is 0 Å². The van der Waals surface area contributed by atoms with Gasteiger partial charge >= 0.3 is 0 Å². The number of aryl methyl sites for hydroxylation is 1. The van der Waals surface area contributed by atoms with Crippen molar-refractivity contribution in [2.75, 3.05) is 10.8 Å². The Labute approximate surface area is 155 Å². The SMILES string of the molecule is CCN(c1cccc(C)c1)S(=O)(=O)c1ccc2[nH]cc(C(=O)[O-])c(=O)c2c1. The molecule has 0 aliphatic carbocycles. The average molecular weight is 385 g/mol. The Morgan fingerprint density at radius 3 is 2.56 bits per heavy atom. The highest BCUT2D eigenvalue weighted by Gasteiger charge is 2.24. The van der Waals surface area contributed by atoms with Crippen molar-refractivity contribution in [2.24, 2.45) is 0 Å². The molecule has 27 heavy (non-hydrogen) atoms. The zero-order chi connectivity index (χ0) is 19.8. The van der Waals surface area contributed by atoms with Crippen LogP contribution >= 0.6 is 0 Å². The molecular formula is C19H17N2O5S-. The van der Waals surface area contributed by atoms with E-state index < -0.39 is 27.0 Å². The zero-order valence-electron chi connectivity index (χ0n) is 14.7. The molecule has 0 bridgehead atoms. The van der Waals surface area contributed by atoms with Gasteiger partial charge in [-0.1, -0.05) is 12.1 Å². The van der Waals surface area contributed by atoms with Crippen molar-refractivity contribution < 1.29 is 18.3 Å². The summed E-state index contributed by atoms with van der Waals surface area (Å²) < 4.78 is 27.5. The maximum absolute atomic E-state index is 13.1. The van der Waals surface area contributed by atoms with Gasteiger partial charge in [-0.05, 0) is 49.7 Å². The Bertz CT molecular complexity index is 1200. The summed E-state index contributed by atoms with van der Waals surface area (Å²) in [7, 11) is -3.94. The van der Waals surface area contributed by atoms with Gasteiger partial charge in [0.1, 0.15) is 0 Å². The van der Waals surface area contributed by atoms with E-state index in [1.165, 1.54) is 22.5 Å². The van der Waals surface area contributed by atoms with Crippen LogP contribution in [-0.4, -0.2) is 25.9 Å². The normalized spacial score (nSPS) is 11.5. The van der Waals surface area contributed by atoms with Crippen molar-refractivity contribution in [3.8, 4) is 0 Å². The molecule has 0 saturated carbocycles. The number of carbonyl (C=O) groups excluding carboxylic acids is 1. The summed E-state index contributed by atoms with van der Waals surface area (Å²) in [6.07, 6.45) is 1.04. The number of hydrogen-bond acceptors (Lipinski definition) is 5. The minimum absolute atomic E-state index is 0.0296. The van der Waals surface area contributed by atoms with Gasteiger partial charge in [-0.2, -0.15) is 0 Å². The second-order valence-electron chi connectivity index (χ2n) is 6.04. The molecule has 0 amide bonds. The molecule has 0 fully saturated rings. The van der Waals surface area contributed by atoms with Crippen LogP contribution in [0.15, 0.2) is 58.4 Å². The van der Waals surface area contributed by atoms with E-state index in [0.717, 1.165) is 11.8 Å². The molecule has 3 aromatic rings. The van der Waals surface area contributed by atoms with Crippen LogP contribution in [0.4, 0.5) is 5.69 Å². The van der Waals surface area contributed by atoms with Crippen molar-refractivity contribution >= 4 is 32.6 Å². The number of fused-ring (bicyclic) bond motifs is 1. The summed E-state index contributed by atoms with van der Waals surface area (Å²) in [4.78, 5) is 26.0. The summed E-state index contributed by atoms with van der Waals surface area (Å²) >= 11 is 0. The monoisotopic (exact) mass is 385 g/mol. The van der Waals surface area contributed by atoms with Crippen molar-refractivity contribution in [2.45, 2.75) is 18.7 Å². The summed E-state index contributed by atoms with van der Waals surface area (Å²) in [6, 6.07) is 11.1. The second-order valence-corrected chi connectivity index (χ2v) is 7.90. The van der Waals surface area contributed by atoms with Gasteiger partial charge in [-0.25, -0.2) is 8.42 Å². The van der Waals surface area contributed by atoms with Crippen molar-refractivity contribution in [1.82, 2.24) is 4.98 Å². The standard InChI is InChI=1S/C19H18N2O5S/c1-3-21(13-6-4-5-12(2)9-13)27(25,26)14-7-8-17-15(10-14)18(22)16(11-20-17)19(23)24/h4-11H,3H2,1-2H3,(H,20,22)(H,23,24)/p-1. The number of benzene rings is 2. The number of carboxylic acid groups (broad SMARTS) is 1. The van der Waals surface area contributed by atoms with Crippen molar-refractivity contribution in [1.29, 1.82) is 0 Å². The first-order chi connectivity index (χ1) is 12.8. The van der Waals surface area contributed by atoms with Gasteiger partial charge in [0, 0.05) is 23.6 Å². The zero-order valence-corrected chi connectivity index (χ0v) is 15.5. The average Bonchev–Trinajstić information content (AvgIpc) is 2.62. The van der Waals surface area contributed by atoms with E-state index in [-0.39, 0.29) is 16.8 Å². The number of sulfonamides is 1. The lowest BCUT2D eigenvalue weighted by Crippen LogP contribution is -2.31. The van der Waals surface area contributed by atoms with Crippen LogP contribution in [0.2, 0.25) is 0 Å². The molecule has 8 heteroatoms. The quantitative estimate of drug-likeness (QED) is 0.714. The third-order valence-corrected chi connectivity index (χ3v) is 6.14. The molecule has 0 aliphatic rings. The first kappa shape index (κ1) is 18.7. The second kappa shape index (κ2) is 6.88. The molecule has 0 spiro atoms. The van der Waals surface area contributed by atoms with Gasteiger partial charge in [-0.3, -0.25) is 9.10 Å². The van der Waals surface area contributed by atoms with Gasteiger partial charge in [0.05, 0.1) is 22.1 Å². The number of H-pyrrole nitrogens is 1. The predicted molar refractivity (Wildman–Crippen MR) is 100 cm³/mol. The van der Waals surface area contributed by atoms with E-state index in [1.807, 2.05) is 13.0 Å². The highest BCUT2D eigenvalue weighted by molar-refractivity contribution is 7.92. The van der Waals surface area contributed by atoms with Crippen molar-refractivity contribution in [3.63, 3.8) is 0 Å². The Morgan fingerprint density at radius 1 is 1.19 bits per heavy atom. The molecule has 140 valence electrons. The lowest BCUT2D eigenvalue weighted by Gasteiger charge is -2.23. The fourth-order valence-electron chi connectivity index (χ4n) is 2.91. The predicted octanol–water partition coefficient (Wildman–Crippen LogP) is 1.42. The highest BCUT2D eigenvalue weighted by Crippen LogP contribution is 2.25. The van der Waals surface area contributed by atoms with Crippen LogP contribution in [0.25, 0.3) is 10.9 Å². The van der Waals surface area contributed by atoms with Crippen LogP contribution in [-0.2, 0) is 10.0 Å². The fraction of sp³-hybridized carbons (Fsp3) is 0.158. The summed E-state index contributed by atoms with van der Waals surface area (Å²) in [6.45, 7) is 3.77. The van der Waals surface area contributed by atoms with Crippen LogP contribution < -0.4 is 14.8 Å². The number of rotatable bonds is 5. The van der Waals surface area contributed by atoms with E-state index in [1.54, 1.807) is 25.1 Å². The van der Waals surface area contributed by atoms with Gasteiger partial charge in [-0.15, -0.1) is 0 Å². The van der Waals surface area contributed by atoms with Crippen LogP contribution in [0.5, 0.6) is 0 Å². The highest BCUT2D eigenvalue weighted by atomic mass is 32.2. The first-order valence-corrected chi connectivity index (χ1v) is 9.66. The minimum atomic E-state index is -3.94. The Kier molecular flexibility index (Phi) is 4.75. The fourth-order valence-corrected chi connectivity index (χ4v) is 4.40. The molecular weight excluding hydrogens is 368 g/mol. The molecule has 0 saturated heterocycles. The Hall–Kier alpha value is -3.13. The van der Waals surface area contributed by atoms with Gasteiger partial charge < -0.3 is 14.9 Å². The third kappa shape index (κ3) is 3.31. The molecule has 0 radical (unpaired) electrons. The van der Waals surface area contributed by atoms with Crippen LogP contribution in [0, 0.1) is 6.92 Å². The molecule has 1 aromatic heterocycles. The lowest BCUT2D eigenvalue weighted by molar-refractivity contribution is -0.255. The number of carbonyl (C=O) groups is 1. The van der Waals surface area contributed by atoms with E-state index >= 15 is 0 Å². The number of hydrogen-bond donors (Lipinski definition) is 1. The molecule has 0 atom stereocenters. The smallest absolute Gasteiger partial charge is 0.264 e. The molecule has 3 rings (SSSR count). The number of aromatic amines is 1. The summed E-state index contributed by atoms with van der Waals surface area (Å²) in [5, 5.41) is 11.0. The topological polar surface area (TPSA) is 110 Å². The maximum Gasteiger partial charge on any atom is 0.264 e. The molecule has 0 aliphatic heterocycles. The van der Waals surface area contributed by atoms with E-state index in [4.69, 9.17) is 0 Å². The minimum Gasteiger partial charge on any atom is -0.545 e. The number of carboxylic acids is 1. The largest absolute Gasteiger partial charge is 0.545 e. The first-order valence-electron chi connectivity index (χ1n) is 8.22. The Balaban J connectivity index is 2.18. The lowest BCUT2D eigenvalue weighted by atomic mass is 10.1. The molecule has 1 heterocycles. The number of nitrogens with one attached hydrogen (secondary N) is 1. The van der Waals surface area contributed by atoms with E-state index in [9.17, 15) is 23.1 Å². The van der Waals surface area contributed by atoms with Gasteiger partial charge in [0.25, 0.3) is 10.0 Å². The summed E-state index contributed by atoms with van der Waals surface area (Å²) in [5.74, 6) is -1.62. The molecule has 2 aromatic carbocycles. The number of pyridine rings is 1. The van der Waals surface area contributed by atoms with E-state index in [0.29, 0.717) is 11.2 Å². The van der Waals surface area contributed by atoms with Gasteiger partial charge in [0.2, 0.25) is 0 Å². The van der Waals surface area contributed by atoms with Gasteiger partial charge in [0.15, 0.2) is 5.43 Å². The molecule has 1 N–H and O–H groups in total. The van der Waals surface area contributed by atoms with Crippen molar-refractivity contribution in [3.05, 3.63) is 70.0 Å². The number of aromatic nitrogens is 1.